The Morgan fingerprint density at radius 2 is 1.73 bits per heavy atom. The first-order valence-corrected chi connectivity index (χ1v) is 6.49. The quantitative estimate of drug-likeness (QED) is 0.536. The molecule has 2 nitrogen and oxygen atoms in total. The van der Waals surface area contributed by atoms with E-state index < -0.39 is 0 Å². The van der Waals surface area contributed by atoms with Crippen molar-refractivity contribution in [1.29, 1.82) is 0 Å². The molecule has 0 saturated carbocycles. The lowest BCUT2D eigenvalue weighted by molar-refractivity contribution is 0.0894. The van der Waals surface area contributed by atoms with E-state index in [1.165, 1.54) is 38.5 Å². The highest BCUT2D eigenvalue weighted by atomic mass is 16.5. The zero-order chi connectivity index (χ0) is 11.4. The van der Waals surface area contributed by atoms with E-state index in [0.717, 1.165) is 18.9 Å². The molecule has 1 atom stereocenters. The van der Waals surface area contributed by atoms with Crippen molar-refractivity contribution >= 4 is 0 Å². The van der Waals surface area contributed by atoms with Crippen LogP contribution in [0.4, 0.5) is 0 Å². The van der Waals surface area contributed by atoms with E-state index in [0.29, 0.717) is 6.61 Å². The minimum absolute atomic E-state index is 0.147. The topological polar surface area (TPSA) is 29.5 Å². The predicted molar refractivity (Wildman–Crippen MR) is 65.1 cm³/mol. The fourth-order valence-corrected chi connectivity index (χ4v) is 1.74. The van der Waals surface area contributed by atoms with Crippen LogP contribution in [0.2, 0.25) is 0 Å². The van der Waals surface area contributed by atoms with Gasteiger partial charge in [0.15, 0.2) is 0 Å². The normalized spacial score (nSPS) is 13.0. The molecule has 0 aliphatic carbocycles. The molecular weight excluding hydrogens is 188 g/mol. The first kappa shape index (κ1) is 14.9. The third-order valence-electron chi connectivity index (χ3n) is 2.77. The number of hydrogen-bond acceptors (Lipinski definition) is 2. The summed E-state index contributed by atoms with van der Waals surface area (Å²) in [5, 5.41) is 8.50. The van der Waals surface area contributed by atoms with Gasteiger partial charge >= 0.3 is 0 Å². The van der Waals surface area contributed by atoms with Gasteiger partial charge in [-0.15, -0.1) is 0 Å². The second-order valence-electron chi connectivity index (χ2n) is 4.43. The summed E-state index contributed by atoms with van der Waals surface area (Å²) >= 11 is 0. The van der Waals surface area contributed by atoms with Gasteiger partial charge in [-0.3, -0.25) is 0 Å². The van der Waals surface area contributed by atoms with Crippen LogP contribution in [0, 0.1) is 5.92 Å². The van der Waals surface area contributed by atoms with Crippen LogP contribution in [0.1, 0.15) is 58.8 Å². The van der Waals surface area contributed by atoms with Gasteiger partial charge in [0.25, 0.3) is 0 Å². The molecule has 1 unspecified atom stereocenters. The van der Waals surface area contributed by atoms with E-state index in [2.05, 4.69) is 13.8 Å². The third-order valence-corrected chi connectivity index (χ3v) is 2.77. The van der Waals surface area contributed by atoms with E-state index in [1.54, 1.807) is 0 Å². The molecule has 0 aromatic heterocycles. The molecule has 0 amide bonds. The summed E-state index contributed by atoms with van der Waals surface area (Å²) in [6.07, 6.45) is 9.17. The molecule has 0 fully saturated rings. The number of unbranched alkanes of at least 4 members (excludes halogenated alkanes) is 3. The van der Waals surface area contributed by atoms with Crippen LogP contribution in [0.3, 0.4) is 0 Å². The van der Waals surface area contributed by atoms with Crippen LogP contribution in [0.5, 0.6) is 0 Å². The standard InChI is InChI=1S/C13H28O2/c1-3-4-8-13(2)9-6-5-7-11-15-12-10-14/h13-14H,3-12H2,1-2H3. The number of hydrogen-bond donors (Lipinski definition) is 1. The number of aliphatic hydroxyl groups is 1. The summed E-state index contributed by atoms with van der Waals surface area (Å²) in [6.45, 7) is 6.06. The Labute approximate surface area is 95.0 Å². The molecule has 0 rings (SSSR count). The molecule has 0 saturated heterocycles. The minimum Gasteiger partial charge on any atom is -0.394 e. The lowest BCUT2D eigenvalue weighted by atomic mass is 9.98. The van der Waals surface area contributed by atoms with Crippen molar-refractivity contribution in [3.05, 3.63) is 0 Å². The molecule has 1 N–H and O–H groups in total. The molecule has 0 aliphatic heterocycles. The van der Waals surface area contributed by atoms with Crippen molar-refractivity contribution in [2.75, 3.05) is 19.8 Å². The Hall–Kier alpha value is -0.0800. The summed E-state index contributed by atoms with van der Waals surface area (Å²) in [5.74, 6) is 0.892. The van der Waals surface area contributed by atoms with Gasteiger partial charge in [0, 0.05) is 6.61 Å². The van der Waals surface area contributed by atoms with Gasteiger partial charge < -0.3 is 9.84 Å². The average Bonchev–Trinajstić information content (AvgIpc) is 2.25. The highest BCUT2D eigenvalue weighted by Crippen LogP contribution is 2.15. The van der Waals surface area contributed by atoms with Crippen LogP contribution in [0.25, 0.3) is 0 Å². The van der Waals surface area contributed by atoms with Crippen molar-refractivity contribution in [3.8, 4) is 0 Å². The Kier molecular flexibility index (Phi) is 11.9. The third kappa shape index (κ3) is 11.8. The maximum absolute atomic E-state index is 8.50. The lowest BCUT2D eigenvalue weighted by Gasteiger charge is -2.10. The lowest BCUT2D eigenvalue weighted by Crippen LogP contribution is -2.01. The fourth-order valence-electron chi connectivity index (χ4n) is 1.74. The van der Waals surface area contributed by atoms with E-state index in [9.17, 15) is 0 Å². The molecule has 2 heteroatoms. The Morgan fingerprint density at radius 1 is 1.00 bits per heavy atom. The van der Waals surface area contributed by atoms with Gasteiger partial charge in [-0.05, 0) is 12.3 Å². The molecule has 0 heterocycles. The fraction of sp³-hybridized carbons (Fsp3) is 1.00. The number of ether oxygens (including phenoxy) is 1. The highest BCUT2D eigenvalue weighted by Gasteiger charge is 2.00. The largest absolute Gasteiger partial charge is 0.394 e. The molecule has 0 radical (unpaired) electrons. The van der Waals surface area contributed by atoms with E-state index in [4.69, 9.17) is 9.84 Å². The first-order chi connectivity index (χ1) is 7.31. The van der Waals surface area contributed by atoms with Crippen LogP contribution >= 0.6 is 0 Å². The minimum atomic E-state index is 0.147. The monoisotopic (exact) mass is 216 g/mol. The van der Waals surface area contributed by atoms with E-state index in [1.807, 2.05) is 0 Å². The Bertz CT molecular complexity index is 115. The summed E-state index contributed by atoms with van der Waals surface area (Å²) < 4.78 is 5.20. The number of rotatable bonds is 11. The van der Waals surface area contributed by atoms with Crippen LogP contribution < -0.4 is 0 Å². The summed E-state index contributed by atoms with van der Waals surface area (Å²) in [5.41, 5.74) is 0. The van der Waals surface area contributed by atoms with Gasteiger partial charge in [0.2, 0.25) is 0 Å². The zero-order valence-corrected chi connectivity index (χ0v) is 10.5. The summed E-state index contributed by atoms with van der Waals surface area (Å²) in [4.78, 5) is 0. The molecule has 0 spiro atoms. The second kappa shape index (κ2) is 12.0. The maximum Gasteiger partial charge on any atom is 0.0697 e. The van der Waals surface area contributed by atoms with Gasteiger partial charge in [-0.2, -0.15) is 0 Å². The highest BCUT2D eigenvalue weighted by molar-refractivity contribution is 4.53. The van der Waals surface area contributed by atoms with E-state index >= 15 is 0 Å². The van der Waals surface area contributed by atoms with Crippen molar-refractivity contribution in [3.63, 3.8) is 0 Å². The SMILES string of the molecule is CCCCC(C)CCCCCOCCO. The maximum atomic E-state index is 8.50. The van der Waals surface area contributed by atoms with Gasteiger partial charge in [0.05, 0.1) is 13.2 Å². The summed E-state index contributed by atoms with van der Waals surface area (Å²) in [6, 6.07) is 0. The van der Waals surface area contributed by atoms with Crippen LogP contribution in [-0.4, -0.2) is 24.9 Å². The van der Waals surface area contributed by atoms with Crippen molar-refractivity contribution < 1.29 is 9.84 Å². The smallest absolute Gasteiger partial charge is 0.0697 e. The van der Waals surface area contributed by atoms with E-state index in [-0.39, 0.29) is 6.61 Å². The average molecular weight is 216 g/mol. The van der Waals surface area contributed by atoms with Crippen molar-refractivity contribution in [2.45, 2.75) is 58.8 Å². The van der Waals surface area contributed by atoms with Crippen LogP contribution in [-0.2, 0) is 4.74 Å². The van der Waals surface area contributed by atoms with Gasteiger partial charge in [-0.25, -0.2) is 0 Å². The molecule has 15 heavy (non-hydrogen) atoms. The predicted octanol–water partition coefficient (Wildman–Crippen LogP) is 3.38. The van der Waals surface area contributed by atoms with Crippen molar-refractivity contribution in [2.24, 2.45) is 5.92 Å². The Morgan fingerprint density at radius 3 is 2.40 bits per heavy atom. The molecular formula is C13H28O2. The molecule has 0 aromatic carbocycles. The van der Waals surface area contributed by atoms with Crippen molar-refractivity contribution in [1.82, 2.24) is 0 Å². The molecule has 0 aliphatic rings. The molecule has 92 valence electrons. The van der Waals surface area contributed by atoms with Gasteiger partial charge in [0.1, 0.15) is 0 Å². The Balaban J connectivity index is 3.02. The van der Waals surface area contributed by atoms with Crippen LogP contribution in [0.15, 0.2) is 0 Å². The first-order valence-electron chi connectivity index (χ1n) is 6.49. The molecule has 0 aromatic rings. The second-order valence-corrected chi connectivity index (χ2v) is 4.43. The zero-order valence-electron chi connectivity index (χ0n) is 10.5. The summed E-state index contributed by atoms with van der Waals surface area (Å²) in [7, 11) is 0. The molecule has 0 bridgehead atoms. The number of aliphatic hydroxyl groups excluding tert-OH is 1. The van der Waals surface area contributed by atoms with Gasteiger partial charge in [-0.1, -0.05) is 52.4 Å².